The summed E-state index contributed by atoms with van der Waals surface area (Å²) in [6.45, 7) is 2.70. The largest absolute Gasteiger partial charge is 0.298 e. The van der Waals surface area contributed by atoms with Crippen LogP contribution in [0, 0.1) is 0 Å². The van der Waals surface area contributed by atoms with Gasteiger partial charge in [-0.3, -0.25) is 15.0 Å². The van der Waals surface area contributed by atoms with E-state index in [4.69, 9.17) is 23.2 Å². The van der Waals surface area contributed by atoms with Crippen molar-refractivity contribution < 1.29 is 4.79 Å². The highest BCUT2D eigenvalue weighted by molar-refractivity contribution is 7.15. The predicted octanol–water partition coefficient (Wildman–Crippen LogP) is 4.66. The molecule has 3 aromatic rings. The van der Waals surface area contributed by atoms with Gasteiger partial charge in [0, 0.05) is 37.1 Å². The Labute approximate surface area is 171 Å². The van der Waals surface area contributed by atoms with Crippen LogP contribution in [-0.4, -0.2) is 27.3 Å². The Kier molecular flexibility index (Phi) is 5.41. The van der Waals surface area contributed by atoms with Crippen LogP contribution in [0.15, 0.2) is 42.6 Å². The fourth-order valence-electron chi connectivity index (χ4n) is 2.99. The molecular weight excluding hydrogens is 403 g/mol. The quantitative estimate of drug-likeness (QED) is 0.626. The molecule has 0 atom stereocenters. The first kappa shape index (κ1) is 18.4. The lowest BCUT2D eigenvalue weighted by molar-refractivity contribution is 0.102. The van der Waals surface area contributed by atoms with E-state index in [1.54, 1.807) is 0 Å². The monoisotopic (exact) mass is 418 g/mol. The van der Waals surface area contributed by atoms with E-state index < -0.39 is 0 Å². The van der Waals surface area contributed by atoms with Crippen LogP contribution in [-0.2, 0) is 19.5 Å². The van der Waals surface area contributed by atoms with Crippen molar-refractivity contribution in [2.75, 3.05) is 11.9 Å². The maximum Gasteiger partial charge on any atom is 0.259 e. The molecule has 0 saturated carbocycles. The number of amides is 1. The third-order valence-electron chi connectivity index (χ3n) is 4.34. The van der Waals surface area contributed by atoms with Crippen molar-refractivity contribution in [2.24, 2.45) is 0 Å². The molecule has 4 rings (SSSR count). The van der Waals surface area contributed by atoms with Crippen LogP contribution in [0.1, 0.15) is 26.5 Å². The lowest BCUT2D eigenvalue weighted by atomic mass is 10.1. The highest BCUT2D eigenvalue weighted by Crippen LogP contribution is 2.29. The number of rotatable bonds is 4. The molecule has 0 bridgehead atoms. The van der Waals surface area contributed by atoms with Crippen molar-refractivity contribution in [1.82, 2.24) is 14.9 Å². The van der Waals surface area contributed by atoms with Gasteiger partial charge >= 0.3 is 0 Å². The van der Waals surface area contributed by atoms with Crippen molar-refractivity contribution in [2.45, 2.75) is 19.5 Å². The molecule has 0 spiro atoms. The second kappa shape index (κ2) is 7.94. The van der Waals surface area contributed by atoms with Gasteiger partial charge in [0.2, 0.25) is 0 Å². The van der Waals surface area contributed by atoms with Gasteiger partial charge in [0.15, 0.2) is 5.13 Å². The minimum Gasteiger partial charge on any atom is -0.298 e. The summed E-state index contributed by atoms with van der Waals surface area (Å²) in [7, 11) is 0. The molecule has 0 fully saturated rings. The smallest absolute Gasteiger partial charge is 0.259 e. The second-order valence-corrected chi connectivity index (χ2v) is 8.13. The molecule has 1 aliphatic heterocycles. The molecule has 1 aromatic carbocycles. The zero-order chi connectivity index (χ0) is 18.8. The highest BCUT2D eigenvalue weighted by atomic mass is 35.5. The summed E-state index contributed by atoms with van der Waals surface area (Å²) in [5.74, 6) is -0.298. The summed E-state index contributed by atoms with van der Waals surface area (Å²) in [4.78, 5) is 24.5. The van der Waals surface area contributed by atoms with Gasteiger partial charge in [0.05, 0.1) is 16.3 Å². The van der Waals surface area contributed by atoms with E-state index in [2.05, 4.69) is 44.5 Å². The molecule has 5 nitrogen and oxygen atoms in total. The number of carbonyl (C=O) groups excluding carboxylic acids is 1. The summed E-state index contributed by atoms with van der Waals surface area (Å²) in [6, 6.07) is 11.9. The fourth-order valence-corrected chi connectivity index (χ4v) is 4.31. The van der Waals surface area contributed by atoms with Crippen LogP contribution in [0.5, 0.6) is 0 Å². The van der Waals surface area contributed by atoms with E-state index in [-0.39, 0.29) is 16.1 Å². The lowest BCUT2D eigenvalue weighted by Crippen LogP contribution is -2.29. The number of thiazole rings is 1. The molecular formula is C19H16Cl2N4OS. The number of carbonyl (C=O) groups is 1. The Balaban J connectivity index is 1.43. The molecule has 2 aromatic heterocycles. The van der Waals surface area contributed by atoms with E-state index in [9.17, 15) is 4.79 Å². The zero-order valence-electron chi connectivity index (χ0n) is 14.3. The SMILES string of the molecule is O=C(Nc1nc2c(s1)CN(Cc1ccccc1)CC2)c1cnc(Cl)c(Cl)c1. The van der Waals surface area contributed by atoms with Crippen molar-refractivity contribution >= 4 is 45.6 Å². The molecule has 27 heavy (non-hydrogen) atoms. The summed E-state index contributed by atoms with van der Waals surface area (Å²) in [6.07, 6.45) is 2.28. The Hall–Kier alpha value is -1.99. The van der Waals surface area contributed by atoms with Gasteiger partial charge in [0.25, 0.3) is 5.91 Å². The number of halogens is 2. The zero-order valence-corrected chi connectivity index (χ0v) is 16.6. The standard InChI is InChI=1S/C19H16Cl2N4OS/c20-14-8-13(9-22-17(14)21)18(26)24-19-23-15-6-7-25(11-16(15)27-19)10-12-4-2-1-3-5-12/h1-5,8-9H,6-7,10-11H2,(H,23,24,26). The molecule has 0 unspecified atom stereocenters. The molecule has 138 valence electrons. The number of pyridine rings is 1. The van der Waals surface area contributed by atoms with E-state index in [1.165, 1.54) is 34.0 Å². The molecule has 3 heterocycles. The van der Waals surface area contributed by atoms with Crippen LogP contribution < -0.4 is 5.32 Å². The topological polar surface area (TPSA) is 58.1 Å². The number of nitrogens with zero attached hydrogens (tertiary/aromatic N) is 3. The Morgan fingerprint density at radius 1 is 1.26 bits per heavy atom. The van der Waals surface area contributed by atoms with E-state index in [1.807, 2.05) is 6.07 Å². The van der Waals surface area contributed by atoms with Crippen molar-refractivity contribution in [3.05, 3.63) is 74.5 Å². The highest BCUT2D eigenvalue weighted by Gasteiger charge is 2.22. The number of hydrogen-bond acceptors (Lipinski definition) is 5. The first-order chi connectivity index (χ1) is 13.1. The predicted molar refractivity (Wildman–Crippen MR) is 109 cm³/mol. The summed E-state index contributed by atoms with van der Waals surface area (Å²) in [5.41, 5.74) is 2.71. The fraction of sp³-hybridized carbons (Fsp3) is 0.211. The number of aromatic nitrogens is 2. The Bertz CT molecular complexity index is 977. The van der Waals surface area contributed by atoms with E-state index in [0.29, 0.717) is 10.7 Å². The van der Waals surface area contributed by atoms with Gasteiger partial charge in [-0.05, 0) is 11.6 Å². The van der Waals surface area contributed by atoms with Crippen LogP contribution in [0.25, 0.3) is 0 Å². The number of fused-ring (bicyclic) bond motifs is 1. The Morgan fingerprint density at radius 2 is 2.07 bits per heavy atom. The normalized spacial score (nSPS) is 14.0. The molecule has 0 radical (unpaired) electrons. The maximum atomic E-state index is 12.4. The molecule has 1 amide bonds. The van der Waals surface area contributed by atoms with Crippen LogP contribution in [0.4, 0.5) is 5.13 Å². The number of nitrogens with one attached hydrogen (secondary N) is 1. The van der Waals surface area contributed by atoms with Gasteiger partial charge in [-0.1, -0.05) is 53.5 Å². The Morgan fingerprint density at radius 3 is 2.85 bits per heavy atom. The van der Waals surface area contributed by atoms with Gasteiger partial charge in [-0.25, -0.2) is 9.97 Å². The average Bonchev–Trinajstić information content (AvgIpc) is 3.06. The van der Waals surface area contributed by atoms with Gasteiger partial charge < -0.3 is 0 Å². The van der Waals surface area contributed by atoms with Crippen molar-refractivity contribution in [1.29, 1.82) is 0 Å². The molecule has 1 aliphatic rings. The van der Waals surface area contributed by atoms with Crippen molar-refractivity contribution in [3.63, 3.8) is 0 Å². The second-order valence-electron chi connectivity index (χ2n) is 6.29. The summed E-state index contributed by atoms with van der Waals surface area (Å²) >= 11 is 13.2. The molecule has 1 N–H and O–H groups in total. The van der Waals surface area contributed by atoms with Crippen LogP contribution in [0.3, 0.4) is 0 Å². The first-order valence-electron chi connectivity index (χ1n) is 8.46. The van der Waals surface area contributed by atoms with Crippen molar-refractivity contribution in [3.8, 4) is 0 Å². The third-order valence-corrected chi connectivity index (χ3v) is 6.02. The van der Waals surface area contributed by atoms with Crippen LogP contribution in [0.2, 0.25) is 10.2 Å². The molecule has 0 aliphatic carbocycles. The molecule has 0 saturated heterocycles. The minimum absolute atomic E-state index is 0.177. The third kappa shape index (κ3) is 4.30. The lowest BCUT2D eigenvalue weighted by Gasteiger charge is -2.25. The number of benzene rings is 1. The first-order valence-corrected chi connectivity index (χ1v) is 10.0. The van der Waals surface area contributed by atoms with Gasteiger partial charge in [0.1, 0.15) is 5.15 Å². The maximum absolute atomic E-state index is 12.4. The van der Waals surface area contributed by atoms with E-state index in [0.717, 1.165) is 31.7 Å². The van der Waals surface area contributed by atoms with E-state index >= 15 is 0 Å². The van der Waals surface area contributed by atoms with Gasteiger partial charge in [-0.2, -0.15) is 0 Å². The summed E-state index contributed by atoms with van der Waals surface area (Å²) < 4.78 is 0. The number of hydrogen-bond donors (Lipinski definition) is 1. The van der Waals surface area contributed by atoms with Crippen LogP contribution >= 0.6 is 34.5 Å². The number of anilines is 1. The minimum atomic E-state index is -0.298. The summed E-state index contributed by atoms with van der Waals surface area (Å²) in [5, 5.41) is 3.86. The molecule has 8 heteroatoms. The average molecular weight is 419 g/mol. The van der Waals surface area contributed by atoms with Gasteiger partial charge in [-0.15, -0.1) is 11.3 Å².